The molecule has 1 amide bonds. The summed E-state index contributed by atoms with van der Waals surface area (Å²) in [5.41, 5.74) is 7.89. The molecule has 0 aliphatic heterocycles. The molecular formula is C13H14N4O. The van der Waals surface area contributed by atoms with Crippen LogP contribution in [0.15, 0.2) is 36.7 Å². The van der Waals surface area contributed by atoms with Crippen molar-refractivity contribution in [2.75, 3.05) is 5.73 Å². The van der Waals surface area contributed by atoms with Gasteiger partial charge in [-0.15, -0.1) is 0 Å². The van der Waals surface area contributed by atoms with Crippen LogP contribution in [0.2, 0.25) is 0 Å². The highest BCUT2D eigenvalue weighted by Crippen LogP contribution is 2.04. The number of aromatic nitrogens is 2. The maximum atomic E-state index is 11.8. The fourth-order valence-corrected chi connectivity index (χ4v) is 1.59. The number of anilines is 1. The van der Waals surface area contributed by atoms with E-state index in [4.69, 9.17) is 5.73 Å². The zero-order valence-electron chi connectivity index (χ0n) is 10.1. The predicted octanol–water partition coefficient (Wildman–Crippen LogP) is 1.30. The monoisotopic (exact) mass is 242 g/mol. The lowest BCUT2D eigenvalue weighted by Crippen LogP contribution is -2.24. The third kappa shape index (κ3) is 3.04. The molecule has 1 aromatic heterocycles. The molecule has 0 radical (unpaired) electrons. The Hall–Kier alpha value is -2.43. The number of nitrogens with zero attached hydrogens (tertiary/aromatic N) is 2. The van der Waals surface area contributed by atoms with E-state index in [0.29, 0.717) is 6.54 Å². The quantitative estimate of drug-likeness (QED) is 0.850. The second-order valence-electron chi connectivity index (χ2n) is 4.00. The minimum atomic E-state index is -0.281. The summed E-state index contributed by atoms with van der Waals surface area (Å²) in [7, 11) is 0. The van der Waals surface area contributed by atoms with Gasteiger partial charge in [0.2, 0.25) is 0 Å². The summed E-state index contributed by atoms with van der Waals surface area (Å²) in [6.45, 7) is 2.46. The van der Waals surface area contributed by atoms with Crippen LogP contribution in [-0.2, 0) is 6.54 Å². The SMILES string of the molecule is Cc1cccc(CNC(=O)c2cncc(N)n2)c1. The number of carbonyl (C=O) groups excluding carboxylic acids is 1. The molecule has 92 valence electrons. The first-order valence-electron chi connectivity index (χ1n) is 5.56. The van der Waals surface area contributed by atoms with Crippen molar-refractivity contribution >= 4 is 11.7 Å². The van der Waals surface area contributed by atoms with Crippen molar-refractivity contribution < 1.29 is 4.79 Å². The molecule has 0 spiro atoms. The summed E-state index contributed by atoms with van der Waals surface area (Å²) in [5.74, 6) is -0.0467. The number of nitrogens with two attached hydrogens (primary N) is 1. The summed E-state index contributed by atoms with van der Waals surface area (Å²) in [4.78, 5) is 19.5. The van der Waals surface area contributed by atoms with Crippen molar-refractivity contribution in [2.24, 2.45) is 0 Å². The Bertz CT molecular complexity index is 568. The van der Waals surface area contributed by atoms with E-state index in [1.807, 2.05) is 31.2 Å². The molecule has 0 atom stereocenters. The molecule has 0 saturated heterocycles. The van der Waals surface area contributed by atoms with Gasteiger partial charge in [0.05, 0.1) is 12.4 Å². The third-order valence-corrected chi connectivity index (χ3v) is 2.42. The molecule has 2 aromatic rings. The average molecular weight is 242 g/mol. The van der Waals surface area contributed by atoms with Crippen molar-refractivity contribution in [3.63, 3.8) is 0 Å². The zero-order valence-corrected chi connectivity index (χ0v) is 10.1. The Morgan fingerprint density at radius 3 is 2.94 bits per heavy atom. The van der Waals surface area contributed by atoms with Gasteiger partial charge >= 0.3 is 0 Å². The van der Waals surface area contributed by atoms with Gasteiger partial charge in [-0.1, -0.05) is 29.8 Å². The van der Waals surface area contributed by atoms with Crippen molar-refractivity contribution in [3.05, 3.63) is 53.5 Å². The van der Waals surface area contributed by atoms with Crippen LogP contribution in [0.1, 0.15) is 21.6 Å². The van der Waals surface area contributed by atoms with Crippen LogP contribution >= 0.6 is 0 Å². The van der Waals surface area contributed by atoms with Gasteiger partial charge < -0.3 is 11.1 Å². The molecule has 0 aliphatic rings. The molecule has 2 rings (SSSR count). The molecular weight excluding hydrogens is 228 g/mol. The Kier molecular flexibility index (Phi) is 3.52. The van der Waals surface area contributed by atoms with Gasteiger partial charge in [-0.3, -0.25) is 9.78 Å². The van der Waals surface area contributed by atoms with Crippen LogP contribution in [0.5, 0.6) is 0 Å². The maximum absolute atomic E-state index is 11.8. The van der Waals surface area contributed by atoms with Crippen LogP contribution in [0.3, 0.4) is 0 Å². The number of amides is 1. The van der Waals surface area contributed by atoms with E-state index in [-0.39, 0.29) is 17.4 Å². The first-order valence-corrected chi connectivity index (χ1v) is 5.56. The van der Waals surface area contributed by atoms with Crippen molar-refractivity contribution in [3.8, 4) is 0 Å². The van der Waals surface area contributed by atoms with Crippen molar-refractivity contribution in [1.29, 1.82) is 0 Å². The molecule has 1 aromatic carbocycles. The average Bonchev–Trinajstić information content (AvgIpc) is 2.36. The number of benzene rings is 1. The van der Waals surface area contributed by atoms with Crippen LogP contribution in [-0.4, -0.2) is 15.9 Å². The summed E-state index contributed by atoms with van der Waals surface area (Å²) >= 11 is 0. The largest absolute Gasteiger partial charge is 0.382 e. The second kappa shape index (κ2) is 5.27. The number of hydrogen-bond acceptors (Lipinski definition) is 4. The predicted molar refractivity (Wildman–Crippen MR) is 68.8 cm³/mol. The van der Waals surface area contributed by atoms with Gasteiger partial charge in [-0.25, -0.2) is 4.98 Å². The molecule has 0 bridgehead atoms. The van der Waals surface area contributed by atoms with E-state index in [9.17, 15) is 4.79 Å². The first kappa shape index (κ1) is 12.0. The Labute approximate surface area is 105 Å². The normalized spacial score (nSPS) is 10.1. The van der Waals surface area contributed by atoms with E-state index in [1.165, 1.54) is 12.4 Å². The molecule has 0 fully saturated rings. The standard InChI is InChI=1S/C13H14N4O/c1-9-3-2-4-10(5-9)6-16-13(18)11-7-15-8-12(14)17-11/h2-5,7-8H,6H2,1H3,(H2,14,17)(H,16,18). The molecule has 1 heterocycles. The minimum Gasteiger partial charge on any atom is -0.382 e. The van der Waals surface area contributed by atoms with Crippen molar-refractivity contribution in [2.45, 2.75) is 13.5 Å². The molecule has 0 aliphatic carbocycles. The molecule has 5 heteroatoms. The minimum absolute atomic E-state index is 0.225. The maximum Gasteiger partial charge on any atom is 0.271 e. The fraction of sp³-hybridized carbons (Fsp3) is 0.154. The highest BCUT2D eigenvalue weighted by molar-refractivity contribution is 5.92. The summed E-state index contributed by atoms with van der Waals surface area (Å²) < 4.78 is 0. The van der Waals surface area contributed by atoms with E-state index < -0.39 is 0 Å². The topological polar surface area (TPSA) is 80.9 Å². The summed E-state index contributed by atoms with van der Waals surface area (Å²) in [6, 6.07) is 7.94. The van der Waals surface area contributed by atoms with E-state index in [2.05, 4.69) is 15.3 Å². The molecule has 18 heavy (non-hydrogen) atoms. The number of nitrogens with one attached hydrogen (secondary N) is 1. The van der Waals surface area contributed by atoms with E-state index >= 15 is 0 Å². The van der Waals surface area contributed by atoms with Gasteiger partial charge in [0.25, 0.3) is 5.91 Å². The summed E-state index contributed by atoms with van der Waals surface area (Å²) in [6.07, 6.45) is 2.79. The number of hydrogen-bond donors (Lipinski definition) is 2. The van der Waals surface area contributed by atoms with Gasteiger partial charge in [-0.2, -0.15) is 0 Å². The Balaban J connectivity index is 2.00. The van der Waals surface area contributed by atoms with Crippen LogP contribution < -0.4 is 11.1 Å². The molecule has 3 N–H and O–H groups in total. The third-order valence-electron chi connectivity index (χ3n) is 2.42. The second-order valence-corrected chi connectivity index (χ2v) is 4.00. The lowest BCUT2D eigenvalue weighted by Gasteiger charge is -2.05. The van der Waals surface area contributed by atoms with Gasteiger partial charge in [-0.05, 0) is 12.5 Å². The van der Waals surface area contributed by atoms with Crippen LogP contribution in [0.4, 0.5) is 5.82 Å². The molecule has 5 nitrogen and oxygen atoms in total. The van der Waals surface area contributed by atoms with Crippen LogP contribution in [0.25, 0.3) is 0 Å². The van der Waals surface area contributed by atoms with Gasteiger partial charge in [0.15, 0.2) is 0 Å². The lowest BCUT2D eigenvalue weighted by atomic mass is 10.1. The smallest absolute Gasteiger partial charge is 0.271 e. The molecule has 0 unspecified atom stereocenters. The van der Waals surface area contributed by atoms with Gasteiger partial charge in [0, 0.05) is 6.54 Å². The highest BCUT2D eigenvalue weighted by atomic mass is 16.1. The van der Waals surface area contributed by atoms with E-state index in [1.54, 1.807) is 0 Å². The van der Waals surface area contributed by atoms with Crippen LogP contribution in [0, 0.1) is 6.92 Å². The Morgan fingerprint density at radius 2 is 2.22 bits per heavy atom. The highest BCUT2D eigenvalue weighted by Gasteiger charge is 2.07. The lowest BCUT2D eigenvalue weighted by molar-refractivity contribution is 0.0945. The zero-order chi connectivity index (χ0) is 13.0. The number of aryl methyl sites for hydroxylation is 1. The fourth-order valence-electron chi connectivity index (χ4n) is 1.59. The first-order chi connectivity index (χ1) is 8.65. The van der Waals surface area contributed by atoms with Gasteiger partial charge in [0.1, 0.15) is 11.5 Å². The van der Waals surface area contributed by atoms with E-state index in [0.717, 1.165) is 11.1 Å². The molecule has 0 saturated carbocycles. The Morgan fingerprint density at radius 1 is 1.39 bits per heavy atom. The summed E-state index contributed by atoms with van der Waals surface area (Å²) in [5, 5.41) is 2.77. The number of carbonyl (C=O) groups is 1. The van der Waals surface area contributed by atoms with Crippen molar-refractivity contribution in [1.82, 2.24) is 15.3 Å². The number of rotatable bonds is 3. The number of nitrogen functional groups attached to an aromatic ring is 1.